The van der Waals surface area contributed by atoms with Crippen molar-refractivity contribution in [3.8, 4) is 0 Å². The molecule has 5 nitrogen and oxygen atoms in total. The van der Waals surface area contributed by atoms with Gasteiger partial charge in [0.2, 0.25) is 0 Å². The molecule has 110 valence electrons. The molecule has 6 heteroatoms. The van der Waals surface area contributed by atoms with Crippen LogP contribution in [-0.2, 0) is 4.74 Å². The Morgan fingerprint density at radius 3 is 3.10 bits per heavy atom. The van der Waals surface area contributed by atoms with E-state index in [9.17, 15) is 9.90 Å². The number of halogens is 1. The molecule has 1 fully saturated rings. The van der Waals surface area contributed by atoms with Crippen molar-refractivity contribution < 1.29 is 14.6 Å². The van der Waals surface area contributed by atoms with E-state index in [4.69, 9.17) is 16.3 Å². The standard InChI is InChI=1S/C15H15ClN2O3/c16-14-7-12(11-3-1-2-4-13(11)17-14)15(20)18-5-6-21-9-10(18)8-19/h1-4,7,10,19H,5-6,8-9H2. The molecular weight excluding hydrogens is 292 g/mol. The summed E-state index contributed by atoms with van der Waals surface area (Å²) in [6.07, 6.45) is 0. The van der Waals surface area contributed by atoms with Gasteiger partial charge < -0.3 is 14.7 Å². The van der Waals surface area contributed by atoms with Gasteiger partial charge in [-0.1, -0.05) is 29.8 Å². The van der Waals surface area contributed by atoms with Gasteiger partial charge >= 0.3 is 0 Å². The highest BCUT2D eigenvalue weighted by Crippen LogP contribution is 2.23. The first-order valence-electron chi connectivity index (χ1n) is 6.75. The minimum Gasteiger partial charge on any atom is -0.394 e. The quantitative estimate of drug-likeness (QED) is 0.858. The highest BCUT2D eigenvalue weighted by Gasteiger charge is 2.28. The minimum absolute atomic E-state index is 0.123. The fourth-order valence-corrected chi connectivity index (χ4v) is 2.75. The van der Waals surface area contributed by atoms with Crippen molar-refractivity contribution in [1.29, 1.82) is 0 Å². The van der Waals surface area contributed by atoms with Crippen LogP contribution in [0.15, 0.2) is 30.3 Å². The fourth-order valence-electron chi connectivity index (χ4n) is 2.55. The number of aromatic nitrogens is 1. The van der Waals surface area contributed by atoms with Gasteiger partial charge in [0, 0.05) is 11.9 Å². The van der Waals surface area contributed by atoms with E-state index in [0.29, 0.717) is 30.8 Å². The molecule has 0 radical (unpaired) electrons. The number of carbonyl (C=O) groups excluding carboxylic acids is 1. The van der Waals surface area contributed by atoms with E-state index in [0.717, 1.165) is 5.39 Å². The van der Waals surface area contributed by atoms with Crippen LogP contribution < -0.4 is 0 Å². The molecule has 1 aromatic heterocycles. The van der Waals surface area contributed by atoms with E-state index in [1.165, 1.54) is 0 Å². The van der Waals surface area contributed by atoms with E-state index in [2.05, 4.69) is 4.98 Å². The number of hydrogen-bond donors (Lipinski definition) is 1. The van der Waals surface area contributed by atoms with Crippen molar-refractivity contribution >= 4 is 28.4 Å². The van der Waals surface area contributed by atoms with Crippen molar-refractivity contribution in [3.63, 3.8) is 0 Å². The van der Waals surface area contributed by atoms with Gasteiger partial charge in [-0.25, -0.2) is 4.98 Å². The average molecular weight is 307 g/mol. The van der Waals surface area contributed by atoms with Crippen molar-refractivity contribution in [2.45, 2.75) is 6.04 Å². The van der Waals surface area contributed by atoms with Crippen molar-refractivity contribution in [2.75, 3.05) is 26.4 Å². The van der Waals surface area contributed by atoms with Crippen LogP contribution in [0.25, 0.3) is 10.9 Å². The number of para-hydroxylation sites is 1. The predicted octanol–water partition coefficient (Wildman–Crippen LogP) is 1.72. The Bertz CT molecular complexity index is 677. The molecule has 1 aliphatic heterocycles. The zero-order valence-corrected chi connectivity index (χ0v) is 12.1. The first-order valence-corrected chi connectivity index (χ1v) is 7.13. The summed E-state index contributed by atoms with van der Waals surface area (Å²) in [4.78, 5) is 18.7. The van der Waals surface area contributed by atoms with Crippen molar-refractivity contribution in [3.05, 3.63) is 41.0 Å². The van der Waals surface area contributed by atoms with E-state index < -0.39 is 0 Å². The second kappa shape index (κ2) is 5.97. The number of ether oxygens (including phenoxy) is 1. The number of benzene rings is 1. The average Bonchev–Trinajstić information content (AvgIpc) is 2.53. The second-order valence-corrected chi connectivity index (χ2v) is 5.31. The lowest BCUT2D eigenvalue weighted by Gasteiger charge is -2.34. The topological polar surface area (TPSA) is 62.7 Å². The number of morpholine rings is 1. The van der Waals surface area contributed by atoms with Gasteiger partial charge in [0.25, 0.3) is 5.91 Å². The number of amides is 1. The van der Waals surface area contributed by atoms with Crippen LogP contribution in [0, 0.1) is 0 Å². The second-order valence-electron chi connectivity index (χ2n) is 4.92. The number of aliphatic hydroxyl groups excluding tert-OH is 1. The lowest BCUT2D eigenvalue weighted by molar-refractivity contribution is -0.0183. The van der Waals surface area contributed by atoms with Gasteiger partial charge in [-0.15, -0.1) is 0 Å². The molecule has 1 atom stereocenters. The molecule has 2 heterocycles. The number of hydrogen-bond acceptors (Lipinski definition) is 4. The molecule has 21 heavy (non-hydrogen) atoms. The summed E-state index contributed by atoms with van der Waals surface area (Å²) in [6.45, 7) is 1.15. The Morgan fingerprint density at radius 1 is 1.48 bits per heavy atom. The van der Waals surface area contributed by atoms with Gasteiger partial charge in [0.05, 0.1) is 36.9 Å². The summed E-state index contributed by atoms with van der Waals surface area (Å²) >= 11 is 6.02. The number of nitrogens with zero attached hydrogens (tertiary/aromatic N) is 2. The van der Waals surface area contributed by atoms with E-state index >= 15 is 0 Å². The van der Waals surface area contributed by atoms with Gasteiger partial charge in [-0.2, -0.15) is 0 Å². The number of fused-ring (bicyclic) bond motifs is 1. The fraction of sp³-hybridized carbons (Fsp3) is 0.333. The van der Waals surface area contributed by atoms with Crippen LogP contribution in [0.4, 0.5) is 0 Å². The molecule has 1 N–H and O–H groups in total. The predicted molar refractivity (Wildman–Crippen MR) is 79.5 cm³/mol. The molecular formula is C15H15ClN2O3. The smallest absolute Gasteiger partial charge is 0.255 e. The van der Waals surface area contributed by atoms with E-state index in [1.807, 2.05) is 24.3 Å². The minimum atomic E-state index is -0.322. The number of rotatable bonds is 2. The highest BCUT2D eigenvalue weighted by molar-refractivity contribution is 6.30. The molecule has 1 amide bonds. The summed E-state index contributed by atoms with van der Waals surface area (Å²) in [5.74, 6) is -0.155. The van der Waals surface area contributed by atoms with Crippen LogP contribution in [0.2, 0.25) is 5.15 Å². The first kappa shape index (κ1) is 14.3. The highest BCUT2D eigenvalue weighted by atomic mass is 35.5. The Balaban J connectivity index is 2.04. The third kappa shape index (κ3) is 2.72. The van der Waals surface area contributed by atoms with E-state index in [1.54, 1.807) is 11.0 Å². The normalized spacial score (nSPS) is 19.0. The van der Waals surface area contributed by atoms with E-state index in [-0.39, 0.29) is 23.7 Å². The molecule has 3 rings (SSSR count). The third-order valence-electron chi connectivity index (χ3n) is 3.61. The van der Waals surface area contributed by atoms with Crippen LogP contribution in [0.3, 0.4) is 0 Å². The van der Waals surface area contributed by atoms with Crippen LogP contribution in [-0.4, -0.2) is 53.3 Å². The largest absolute Gasteiger partial charge is 0.394 e. The summed E-state index contributed by atoms with van der Waals surface area (Å²) in [6, 6.07) is 8.64. The van der Waals surface area contributed by atoms with Crippen LogP contribution in [0.5, 0.6) is 0 Å². The van der Waals surface area contributed by atoms with Crippen molar-refractivity contribution in [2.24, 2.45) is 0 Å². The molecule has 0 bridgehead atoms. The molecule has 2 aromatic rings. The molecule has 1 aromatic carbocycles. The zero-order valence-electron chi connectivity index (χ0n) is 11.3. The number of pyridine rings is 1. The molecule has 1 unspecified atom stereocenters. The maximum atomic E-state index is 12.8. The molecule has 0 aliphatic carbocycles. The third-order valence-corrected chi connectivity index (χ3v) is 3.81. The van der Waals surface area contributed by atoms with Crippen LogP contribution in [0.1, 0.15) is 10.4 Å². The Hall–Kier alpha value is -1.69. The number of aliphatic hydroxyl groups is 1. The summed E-state index contributed by atoms with van der Waals surface area (Å²) in [5, 5.41) is 10.5. The summed E-state index contributed by atoms with van der Waals surface area (Å²) < 4.78 is 5.31. The molecule has 1 saturated heterocycles. The summed E-state index contributed by atoms with van der Waals surface area (Å²) in [5.41, 5.74) is 1.19. The molecule has 0 spiro atoms. The Kier molecular flexibility index (Phi) is 4.05. The summed E-state index contributed by atoms with van der Waals surface area (Å²) in [7, 11) is 0. The first-order chi connectivity index (χ1) is 10.2. The Morgan fingerprint density at radius 2 is 2.29 bits per heavy atom. The van der Waals surface area contributed by atoms with Gasteiger partial charge in [0.15, 0.2) is 0 Å². The zero-order chi connectivity index (χ0) is 14.8. The lowest BCUT2D eigenvalue weighted by atomic mass is 10.1. The monoisotopic (exact) mass is 306 g/mol. The molecule has 1 aliphatic rings. The maximum absolute atomic E-state index is 12.8. The van der Waals surface area contributed by atoms with Gasteiger partial charge in [-0.05, 0) is 12.1 Å². The van der Waals surface area contributed by atoms with Crippen LogP contribution >= 0.6 is 11.6 Å². The lowest BCUT2D eigenvalue weighted by Crippen LogP contribution is -2.50. The Labute approximate surface area is 127 Å². The van der Waals surface area contributed by atoms with Gasteiger partial charge in [-0.3, -0.25) is 4.79 Å². The van der Waals surface area contributed by atoms with Crippen molar-refractivity contribution in [1.82, 2.24) is 9.88 Å². The maximum Gasteiger partial charge on any atom is 0.255 e. The number of carbonyl (C=O) groups is 1. The SMILES string of the molecule is O=C(c1cc(Cl)nc2ccccc12)N1CCOCC1CO. The molecule has 0 saturated carbocycles. The van der Waals surface area contributed by atoms with Gasteiger partial charge in [0.1, 0.15) is 5.15 Å².